The number of hydrogen-bond acceptors (Lipinski definition) is 6. The van der Waals surface area contributed by atoms with E-state index in [9.17, 15) is 14.7 Å². The van der Waals surface area contributed by atoms with Crippen molar-refractivity contribution < 1.29 is 28.9 Å². The molecular weight excluding hydrogens is 278 g/mol. The van der Waals surface area contributed by atoms with Crippen LogP contribution in [0.5, 0.6) is 0 Å². The lowest BCUT2D eigenvalue weighted by atomic mass is 9.99. The van der Waals surface area contributed by atoms with Crippen LogP contribution in [0.2, 0.25) is 0 Å². The van der Waals surface area contributed by atoms with Gasteiger partial charge in [0.15, 0.2) is 6.04 Å². The maximum absolute atomic E-state index is 12.1. The van der Waals surface area contributed by atoms with E-state index in [2.05, 4.69) is 5.32 Å². The summed E-state index contributed by atoms with van der Waals surface area (Å²) in [6.45, 7) is 8.82. The van der Waals surface area contributed by atoms with Crippen LogP contribution in [-0.4, -0.2) is 53.7 Å². The molecule has 0 spiro atoms. The van der Waals surface area contributed by atoms with Crippen LogP contribution in [0.1, 0.15) is 41.0 Å². The number of aliphatic hydroxyl groups is 1. The summed E-state index contributed by atoms with van der Waals surface area (Å²) < 4.78 is 15.4. The molecule has 0 radical (unpaired) electrons. The Bertz CT molecular complexity index is 376. The number of amides is 1. The number of alkyl carbamates (subject to hydrolysis) is 1. The first-order valence-electron chi connectivity index (χ1n) is 6.99. The predicted octanol–water partition coefficient (Wildman–Crippen LogP) is 0.983. The van der Waals surface area contributed by atoms with Crippen LogP contribution in [0.25, 0.3) is 0 Å². The fourth-order valence-electron chi connectivity index (χ4n) is 1.79. The van der Waals surface area contributed by atoms with Crippen molar-refractivity contribution in [2.45, 2.75) is 64.4 Å². The van der Waals surface area contributed by atoms with Crippen LogP contribution in [0.15, 0.2) is 0 Å². The van der Waals surface area contributed by atoms with Gasteiger partial charge >= 0.3 is 12.1 Å². The van der Waals surface area contributed by atoms with E-state index >= 15 is 0 Å². The van der Waals surface area contributed by atoms with Gasteiger partial charge < -0.3 is 24.6 Å². The lowest BCUT2D eigenvalue weighted by Gasteiger charge is -2.30. The number of ether oxygens (including phenoxy) is 3. The second-order valence-corrected chi connectivity index (χ2v) is 6.66. The van der Waals surface area contributed by atoms with Crippen LogP contribution in [0, 0.1) is 0 Å². The van der Waals surface area contributed by atoms with Crippen LogP contribution >= 0.6 is 0 Å². The molecule has 2 atom stereocenters. The maximum atomic E-state index is 12.1. The van der Waals surface area contributed by atoms with Gasteiger partial charge in [-0.15, -0.1) is 0 Å². The zero-order valence-electron chi connectivity index (χ0n) is 13.3. The molecule has 1 aliphatic rings. The Balaban J connectivity index is 2.67. The number of esters is 1. The molecule has 21 heavy (non-hydrogen) atoms. The van der Waals surface area contributed by atoms with Crippen molar-refractivity contribution >= 4 is 12.1 Å². The number of rotatable bonds is 4. The molecule has 1 amide bonds. The number of carbonyl (C=O) groups excluding carboxylic acids is 2. The summed E-state index contributed by atoms with van der Waals surface area (Å²) in [5, 5.41) is 12.4. The maximum Gasteiger partial charge on any atom is 0.408 e. The number of carbonyl (C=O) groups is 2. The zero-order valence-corrected chi connectivity index (χ0v) is 13.3. The lowest BCUT2D eigenvalue weighted by molar-refractivity contribution is -0.157. The van der Waals surface area contributed by atoms with E-state index in [-0.39, 0.29) is 6.10 Å². The summed E-state index contributed by atoms with van der Waals surface area (Å²) in [5.74, 6) is -0.705. The molecule has 1 unspecified atom stereocenters. The summed E-state index contributed by atoms with van der Waals surface area (Å²) >= 11 is 0. The molecule has 0 aromatic carbocycles. The number of hydrogen-bond donors (Lipinski definition) is 2. The quantitative estimate of drug-likeness (QED) is 0.752. The van der Waals surface area contributed by atoms with E-state index in [1.807, 2.05) is 0 Å². The Kier molecular flexibility index (Phi) is 5.58. The fourth-order valence-corrected chi connectivity index (χ4v) is 1.79. The highest BCUT2D eigenvalue weighted by molar-refractivity contribution is 5.82. The van der Waals surface area contributed by atoms with Crippen LogP contribution in [0.4, 0.5) is 4.79 Å². The second kappa shape index (κ2) is 6.62. The first kappa shape index (κ1) is 17.7. The summed E-state index contributed by atoms with van der Waals surface area (Å²) in [6.07, 6.45) is -0.520. The highest BCUT2D eigenvalue weighted by Gasteiger charge is 2.38. The zero-order chi connectivity index (χ0) is 16.3. The third-order valence-electron chi connectivity index (χ3n) is 2.77. The minimum atomic E-state index is -1.48. The largest absolute Gasteiger partial charge is 0.458 e. The first-order chi connectivity index (χ1) is 9.49. The molecule has 7 heteroatoms. The van der Waals surface area contributed by atoms with Gasteiger partial charge in [-0.1, -0.05) is 0 Å². The summed E-state index contributed by atoms with van der Waals surface area (Å²) in [7, 11) is 0. The average molecular weight is 303 g/mol. The lowest BCUT2D eigenvalue weighted by Crippen LogP contribution is -2.56. The van der Waals surface area contributed by atoms with Crippen molar-refractivity contribution in [3.8, 4) is 0 Å². The Hall–Kier alpha value is -1.34. The molecule has 1 heterocycles. The van der Waals surface area contributed by atoms with Gasteiger partial charge in [-0.3, -0.25) is 0 Å². The van der Waals surface area contributed by atoms with Gasteiger partial charge in [-0.25, -0.2) is 9.59 Å². The van der Waals surface area contributed by atoms with Gasteiger partial charge in [0.05, 0.1) is 18.8 Å². The van der Waals surface area contributed by atoms with Crippen molar-refractivity contribution in [2.75, 3.05) is 13.2 Å². The minimum Gasteiger partial charge on any atom is -0.458 e. The topological polar surface area (TPSA) is 94.1 Å². The predicted molar refractivity (Wildman–Crippen MR) is 74.8 cm³/mol. The summed E-state index contributed by atoms with van der Waals surface area (Å²) in [4.78, 5) is 23.9. The molecule has 0 aliphatic carbocycles. The molecule has 0 aromatic rings. The second-order valence-electron chi connectivity index (χ2n) is 6.66. The SMILES string of the molecule is CC(C)(C)OC(=O)N[C@H](C(=O)OC1CCOC1)C(C)(C)O. The smallest absolute Gasteiger partial charge is 0.408 e. The third kappa shape index (κ3) is 6.31. The molecular formula is C14H25NO6. The summed E-state index contributed by atoms with van der Waals surface area (Å²) in [6, 6.07) is -1.21. The van der Waals surface area contributed by atoms with E-state index in [0.29, 0.717) is 19.6 Å². The molecule has 0 saturated carbocycles. The Morgan fingerprint density at radius 1 is 1.29 bits per heavy atom. The Morgan fingerprint density at radius 2 is 1.90 bits per heavy atom. The Labute approximate surface area is 124 Å². The van der Waals surface area contributed by atoms with E-state index in [4.69, 9.17) is 14.2 Å². The highest BCUT2D eigenvalue weighted by atomic mass is 16.6. The van der Waals surface area contributed by atoms with E-state index in [1.54, 1.807) is 20.8 Å². The van der Waals surface area contributed by atoms with E-state index < -0.39 is 29.3 Å². The van der Waals surface area contributed by atoms with Crippen LogP contribution in [-0.2, 0) is 19.0 Å². The fraction of sp³-hybridized carbons (Fsp3) is 0.857. The molecule has 0 bridgehead atoms. The molecule has 0 aromatic heterocycles. The van der Waals surface area contributed by atoms with Gasteiger partial charge in [0.1, 0.15) is 11.7 Å². The van der Waals surface area contributed by atoms with Crippen molar-refractivity contribution in [3.05, 3.63) is 0 Å². The van der Waals surface area contributed by atoms with Crippen molar-refractivity contribution in [3.63, 3.8) is 0 Å². The van der Waals surface area contributed by atoms with E-state index in [0.717, 1.165) is 0 Å². The van der Waals surface area contributed by atoms with Gasteiger partial charge in [0.2, 0.25) is 0 Å². The van der Waals surface area contributed by atoms with Gasteiger partial charge in [-0.05, 0) is 34.6 Å². The molecule has 2 N–H and O–H groups in total. The monoisotopic (exact) mass is 303 g/mol. The van der Waals surface area contributed by atoms with Crippen LogP contribution in [0.3, 0.4) is 0 Å². The molecule has 122 valence electrons. The third-order valence-corrected chi connectivity index (χ3v) is 2.77. The minimum absolute atomic E-state index is 0.330. The Morgan fingerprint density at radius 3 is 2.33 bits per heavy atom. The molecule has 1 rings (SSSR count). The average Bonchev–Trinajstić information content (AvgIpc) is 2.74. The van der Waals surface area contributed by atoms with Gasteiger partial charge in [0.25, 0.3) is 0 Å². The first-order valence-corrected chi connectivity index (χ1v) is 6.99. The highest BCUT2D eigenvalue weighted by Crippen LogP contribution is 2.16. The summed E-state index contributed by atoms with van der Waals surface area (Å²) in [5.41, 5.74) is -2.18. The van der Waals surface area contributed by atoms with Gasteiger partial charge in [-0.2, -0.15) is 0 Å². The van der Waals surface area contributed by atoms with Crippen molar-refractivity contribution in [1.82, 2.24) is 5.32 Å². The van der Waals surface area contributed by atoms with E-state index in [1.165, 1.54) is 13.8 Å². The van der Waals surface area contributed by atoms with Gasteiger partial charge in [0, 0.05) is 6.42 Å². The molecule has 1 fully saturated rings. The number of nitrogens with one attached hydrogen (secondary N) is 1. The normalized spacial score (nSPS) is 20.8. The standard InChI is InChI=1S/C14H25NO6/c1-13(2,3)21-12(17)15-10(14(4,5)18)11(16)20-9-6-7-19-8-9/h9-10,18H,6-8H2,1-5H3,(H,15,17)/t9?,10-/m1/s1. The molecule has 1 aliphatic heterocycles. The molecule has 1 saturated heterocycles. The van der Waals surface area contributed by atoms with Crippen molar-refractivity contribution in [1.29, 1.82) is 0 Å². The molecule has 7 nitrogen and oxygen atoms in total. The van der Waals surface area contributed by atoms with Crippen molar-refractivity contribution in [2.24, 2.45) is 0 Å². The van der Waals surface area contributed by atoms with Crippen LogP contribution < -0.4 is 5.32 Å².